The summed E-state index contributed by atoms with van der Waals surface area (Å²) in [6.45, 7) is 31.7. The topological polar surface area (TPSA) is 60.7 Å². The standard InChI is InChI=1S/C37H60O3P/c1-26(25-41(38,39)40)17-15-14-16-18-29(30-21-19-27(34(2,3)4)23-32(30)36(8,9)10)31-22-20-28(35(5,6)7)24-33(31)37(11,12)13/h19-24,29,38-40H,1,14-18,25H2,2-13H3/q+1. The number of benzene rings is 2. The highest BCUT2D eigenvalue weighted by atomic mass is 31.2. The summed E-state index contributed by atoms with van der Waals surface area (Å²) < 4.78 is 0. The van der Waals surface area contributed by atoms with E-state index < -0.39 is 7.94 Å². The monoisotopic (exact) mass is 583 g/mol. The molecule has 0 aliphatic heterocycles. The van der Waals surface area contributed by atoms with E-state index in [-0.39, 0.29) is 33.7 Å². The summed E-state index contributed by atoms with van der Waals surface area (Å²) in [6.07, 6.45) is 4.66. The van der Waals surface area contributed by atoms with Crippen molar-refractivity contribution in [1.29, 1.82) is 0 Å². The molecule has 2 rings (SSSR count). The van der Waals surface area contributed by atoms with E-state index in [1.54, 1.807) is 0 Å². The van der Waals surface area contributed by atoms with Gasteiger partial charge in [0.05, 0.1) is 0 Å². The minimum Gasteiger partial charge on any atom is -0.193 e. The van der Waals surface area contributed by atoms with Crippen molar-refractivity contribution in [3.63, 3.8) is 0 Å². The predicted octanol–water partition coefficient (Wildman–Crippen LogP) is 10.3. The second-order valence-corrected chi connectivity index (χ2v) is 18.1. The van der Waals surface area contributed by atoms with E-state index in [4.69, 9.17) is 0 Å². The summed E-state index contributed by atoms with van der Waals surface area (Å²) in [5, 5.41) is 0. The largest absolute Gasteiger partial charge is 0.408 e. The lowest BCUT2D eigenvalue weighted by Gasteiger charge is -2.34. The Labute approximate surface area is 253 Å². The molecule has 0 aliphatic carbocycles. The normalized spacial score (nSPS) is 13.7. The van der Waals surface area contributed by atoms with E-state index in [1.165, 1.54) is 33.4 Å². The fourth-order valence-electron chi connectivity index (χ4n) is 5.71. The Morgan fingerprint density at radius 1 is 0.634 bits per heavy atom. The van der Waals surface area contributed by atoms with Crippen LogP contribution in [0.3, 0.4) is 0 Å². The van der Waals surface area contributed by atoms with Crippen LogP contribution in [0.1, 0.15) is 154 Å². The van der Waals surface area contributed by atoms with Crippen molar-refractivity contribution < 1.29 is 14.7 Å². The molecule has 0 heterocycles. The zero-order chi connectivity index (χ0) is 31.6. The van der Waals surface area contributed by atoms with Crippen molar-refractivity contribution in [1.82, 2.24) is 0 Å². The summed E-state index contributed by atoms with van der Waals surface area (Å²) >= 11 is 0. The van der Waals surface area contributed by atoms with E-state index in [9.17, 15) is 14.7 Å². The van der Waals surface area contributed by atoms with Gasteiger partial charge in [-0.2, -0.15) is 14.7 Å². The van der Waals surface area contributed by atoms with Gasteiger partial charge in [0.25, 0.3) is 0 Å². The first-order valence-electron chi connectivity index (χ1n) is 15.4. The molecule has 0 amide bonds. The van der Waals surface area contributed by atoms with Crippen LogP contribution in [0.25, 0.3) is 0 Å². The van der Waals surface area contributed by atoms with Crippen LogP contribution in [0, 0.1) is 0 Å². The first kappa shape index (κ1) is 35.7. The van der Waals surface area contributed by atoms with E-state index >= 15 is 0 Å². The minimum atomic E-state index is -3.80. The van der Waals surface area contributed by atoms with Crippen molar-refractivity contribution in [2.75, 3.05) is 6.16 Å². The van der Waals surface area contributed by atoms with E-state index in [0.717, 1.165) is 25.7 Å². The van der Waals surface area contributed by atoms with Gasteiger partial charge in [0, 0.05) is 5.92 Å². The van der Waals surface area contributed by atoms with Crippen LogP contribution >= 0.6 is 7.94 Å². The van der Waals surface area contributed by atoms with Gasteiger partial charge >= 0.3 is 7.94 Å². The fourth-order valence-corrected chi connectivity index (χ4v) is 6.47. The zero-order valence-electron chi connectivity index (χ0n) is 28.3. The van der Waals surface area contributed by atoms with Crippen molar-refractivity contribution in [2.24, 2.45) is 0 Å². The van der Waals surface area contributed by atoms with E-state index in [1.807, 2.05) is 0 Å². The molecule has 0 saturated carbocycles. The fraction of sp³-hybridized carbons (Fsp3) is 0.622. The van der Waals surface area contributed by atoms with E-state index in [0.29, 0.717) is 12.0 Å². The lowest BCUT2D eigenvalue weighted by atomic mass is 9.70. The van der Waals surface area contributed by atoms with Crippen molar-refractivity contribution >= 4 is 7.94 Å². The van der Waals surface area contributed by atoms with Crippen LogP contribution in [0.4, 0.5) is 0 Å². The van der Waals surface area contributed by atoms with Crippen molar-refractivity contribution in [2.45, 2.75) is 143 Å². The van der Waals surface area contributed by atoms with Crippen LogP contribution in [-0.4, -0.2) is 20.8 Å². The highest BCUT2D eigenvalue weighted by molar-refractivity contribution is 7.58. The Balaban J connectivity index is 2.60. The van der Waals surface area contributed by atoms with Gasteiger partial charge in [0.2, 0.25) is 0 Å². The summed E-state index contributed by atoms with van der Waals surface area (Å²) in [7, 11) is -3.80. The second-order valence-electron chi connectivity index (χ2n) is 16.4. The third-order valence-corrected chi connectivity index (χ3v) is 9.04. The molecule has 0 atom stereocenters. The van der Waals surface area contributed by atoms with Crippen LogP contribution < -0.4 is 0 Å². The lowest BCUT2D eigenvalue weighted by molar-refractivity contribution is 0.333. The first-order valence-corrected chi connectivity index (χ1v) is 17.3. The zero-order valence-corrected chi connectivity index (χ0v) is 29.2. The molecule has 3 nitrogen and oxygen atoms in total. The van der Waals surface area contributed by atoms with Gasteiger partial charge in [0.1, 0.15) is 0 Å². The maximum atomic E-state index is 9.40. The second kappa shape index (κ2) is 13.0. The van der Waals surface area contributed by atoms with Crippen LogP contribution in [0.5, 0.6) is 0 Å². The molecule has 0 fully saturated rings. The summed E-state index contributed by atoms with van der Waals surface area (Å²) in [5.74, 6) is 0.274. The summed E-state index contributed by atoms with van der Waals surface area (Å²) in [6, 6.07) is 14.4. The molecule has 4 heteroatoms. The Hall–Kier alpha value is -1.51. The van der Waals surface area contributed by atoms with Gasteiger partial charge in [-0.1, -0.05) is 139 Å². The van der Waals surface area contributed by atoms with Crippen molar-refractivity contribution in [3.05, 3.63) is 81.9 Å². The molecule has 0 bridgehead atoms. The van der Waals surface area contributed by atoms with Gasteiger partial charge in [-0.05, 0) is 79.9 Å². The predicted molar refractivity (Wildman–Crippen MR) is 180 cm³/mol. The van der Waals surface area contributed by atoms with Gasteiger partial charge in [0.15, 0.2) is 6.16 Å². The number of hydrogen-bond donors (Lipinski definition) is 3. The molecule has 0 saturated heterocycles. The van der Waals surface area contributed by atoms with Crippen LogP contribution in [0.15, 0.2) is 48.6 Å². The Morgan fingerprint density at radius 2 is 1.05 bits per heavy atom. The summed E-state index contributed by atoms with van der Waals surface area (Å²) in [4.78, 5) is 28.2. The lowest BCUT2D eigenvalue weighted by Crippen LogP contribution is -2.23. The Morgan fingerprint density at radius 3 is 1.39 bits per heavy atom. The maximum absolute atomic E-state index is 9.40. The molecule has 0 aromatic heterocycles. The van der Waals surface area contributed by atoms with Gasteiger partial charge in [-0.3, -0.25) is 0 Å². The molecule has 41 heavy (non-hydrogen) atoms. The third kappa shape index (κ3) is 10.6. The van der Waals surface area contributed by atoms with Gasteiger partial charge in [-0.25, -0.2) is 0 Å². The Kier molecular flexibility index (Phi) is 11.3. The molecule has 2 aromatic rings. The number of hydrogen-bond acceptors (Lipinski definition) is 3. The Bertz CT molecular complexity index is 1100. The third-order valence-electron chi connectivity index (χ3n) is 8.16. The average molecular weight is 584 g/mol. The summed E-state index contributed by atoms with van der Waals surface area (Å²) in [5.41, 5.74) is 9.35. The number of allylic oxidation sites excluding steroid dienone is 1. The highest BCUT2D eigenvalue weighted by Crippen LogP contribution is 2.47. The first-order chi connectivity index (χ1) is 18.4. The highest BCUT2D eigenvalue weighted by Gasteiger charge is 2.32. The van der Waals surface area contributed by atoms with Crippen LogP contribution in [0.2, 0.25) is 0 Å². The smallest absolute Gasteiger partial charge is 0.193 e. The quantitative estimate of drug-likeness (QED) is 0.148. The van der Waals surface area contributed by atoms with E-state index in [2.05, 4.69) is 126 Å². The molecular formula is C37H60O3P+. The minimum absolute atomic E-state index is 0.00826. The maximum Gasteiger partial charge on any atom is 0.408 e. The van der Waals surface area contributed by atoms with Crippen LogP contribution in [-0.2, 0) is 21.7 Å². The molecule has 0 spiro atoms. The van der Waals surface area contributed by atoms with Gasteiger partial charge in [-0.15, -0.1) is 0 Å². The van der Waals surface area contributed by atoms with Gasteiger partial charge < -0.3 is 0 Å². The molecule has 3 N–H and O–H groups in total. The molecular weight excluding hydrogens is 523 g/mol. The molecule has 230 valence electrons. The SMILES string of the molecule is C=C(CCCCCC(c1ccc(C(C)(C)C)cc1C(C)(C)C)c1ccc(C(C)(C)C)cc1C(C)(C)C)C[P+](O)(O)O. The molecule has 0 unspecified atom stereocenters. The molecule has 2 aromatic carbocycles. The number of rotatable bonds is 10. The average Bonchev–Trinajstić information content (AvgIpc) is 2.77. The van der Waals surface area contributed by atoms with Crippen molar-refractivity contribution in [3.8, 4) is 0 Å². The molecule has 0 radical (unpaired) electrons. The molecule has 0 aliphatic rings. The number of unbranched alkanes of at least 4 members (excludes halogenated alkanes) is 2.